The molecule has 0 bridgehead atoms. The molecule has 1 aromatic heterocycles. The van der Waals surface area contributed by atoms with Crippen LogP contribution in [0.25, 0.3) is 10.5 Å². The van der Waals surface area contributed by atoms with E-state index in [-0.39, 0.29) is 22.2 Å². The summed E-state index contributed by atoms with van der Waals surface area (Å²) in [6, 6.07) is 1.09. The first-order valence-electron chi connectivity index (χ1n) is 7.98. The van der Waals surface area contributed by atoms with E-state index in [1.54, 1.807) is 0 Å². The first kappa shape index (κ1) is 22.2. The van der Waals surface area contributed by atoms with E-state index in [0.29, 0.717) is 12.1 Å². The highest BCUT2D eigenvalue weighted by Crippen LogP contribution is 2.50. The maximum Gasteiger partial charge on any atom is 0.416 e. The predicted molar refractivity (Wildman–Crippen MR) is 98.3 cm³/mol. The highest BCUT2D eigenvalue weighted by molar-refractivity contribution is 7.84. The lowest BCUT2D eigenvalue weighted by Crippen LogP contribution is -2.42. The molecule has 1 aliphatic heterocycles. The van der Waals surface area contributed by atoms with Gasteiger partial charge in [0.1, 0.15) is 10.6 Å². The molecule has 0 spiro atoms. The number of hydrogen-bond acceptors (Lipinski definition) is 3. The Kier molecular flexibility index (Phi) is 5.19. The molecule has 0 fully saturated rings. The van der Waals surface area contributed by atoms with Gasteiger partial charge in [-0.25, -0.2) is 0 Å². The maximum absolute atomic E-state index is 13.4. The zero-order valence-electron chi connectivity index (χ0n) is 15.0. The second kappa shape index (κ2) is 7.02. The molecule has 5 nitrogen and oxygen atoms in total. The van der Waals surface area contributed by atoms with Crippen LogP contribution in [0.5, 0.6) is 0 Å². The SMILES string of the molecule is [C-]#[N+]c1nn2c(c1S(C)=O)NC(C=C)(CC(F)(F)F)c1cc(C(F)(F)F)cc(Cl)c1-2. The largest absolute Gasteiger partial charge is 0.416 e. The normalized spacial score (nSPS) is 19.3. The number of halogens is 7. The van der Waals surface area contributed by atoms with Crippen molar-refractivity contribution in [3.63, 3.8) is 0 Å². The second-order valence-electron chi connectivity index (χ2n) is 6.42. The quantitative estimate of drug-likeness (QED) is 0.363. The number of nitrogens with one attached hydrogen (secondary N) is 1. The summed E-state index contributed by atoms with van der Waals surface area (Å²) < 4.78 is 93.4. The molecule has 2 unspecified atom stereocenters. The van der Waals surface area contributed by atoms with Crippen LogP contribution in [0.4, 0.5) is 38.0 Å². The fourth-order valence-corrected chi connectivity index (χ4v) is 4.34. The van der Waals surface area contributed by atoms with Crippen molar-refractivity contribution in [2.45, 2.75) is 29.2 Å². The molecule has 1 N–H and O–H groups in total. The van der Waals surface area contributed by atoms with Gasteiger partial charge in [-0.05, 0) is 17.2 Å². The first-order chi connectivity index (χ1) is 13.7. The molecular formula is C17H11ClF6N4OS. The molecule has 2 heterocycles. The summed E-state index contributed by atoms with van der Waals surface area (Å²) in [6.45, 7) is 10.6. The molecule has 160 valence electrons. The molecule has 3 rings (SSSR count). The average molecular weight is 469 g/mol. The minimum Gasteiger partial charge on any atom is -0.358 e. The van der Waals surface area contributed by atoms with Crippen LogP contribution in [0, 0.1) is 6.57 Å². The van der Waals surface area contributed by atoms with Crippen LogP contribution >= 0.6 is 11.6 Å². The van der Waals surface area contributed by atoms with Crippen LogP contribution in [0.2, 0.25) is 5.02 Å². The molecule has 1 aromatic carbocycles. The van der Waals surface area contributed by atoms with Crippen molar-refractivity contribution in [1.82, 2.24) is 9.78 Å². The van der Waals surface area contributed by atoms with Crippen molar-refractivity contribution < 1.29 is 30.6 Å². The standard InChI is InChI=1S/C17H11ClF6N4OS/c1-4-15(7-16(19,20)21)9-5-8(17(22,23)24)6-10(18)11(9)28-14(26-15)12(30(3)29)13(25-2)27-28/h4-6,26H,1,7H2,3H3. The Labute approximate surface area is 173 Å². The Morgan fingerprint density at radius 2 is 2.00 bits per heavy atom. The number of alkyl halides is 6. The molecule has 0 aliphatic carbocycles. The molecule has 30 heavy (non-hydrogen) atoms. The van der Waals surface area contributed by atoms with Gasteiger partial charge in [0.2, 0.25) is 0 Å². The highest BCUT2D eigenvalue weighted by Gasteiger charge is 2.49. The number of aromatic nitrogens is 2. The van der Waals surface area contributed by atoms with Crippen LogP contribution in [0.3, 0.4) is 0 Å². The molecule has 0 radical (unpaired) electrons. The third kappa shape index (κ3) is 3.56. The van der Waals surface area contributed by atoms with Crippen molar-refractivity contribution in [1.29, 1.82) is 0 Å². The van der Waals surface area contributed by atoms with Crippen LogP contribution in [0.1, 0.15) is 17.5 Å². The smallest absolute Gasteiger partial charge is 0.358 e. The molecular weight excluding hydrogens is 458 g/mol. The third-order valence-corrected chi connectivity index (χ3v) is 5.71. The minimum absolute atomic E-state index is 0.194. The minimum atomic E-state index is -4.88. The van der Waals surface area contributed by atoms with Crippen molar-refractivity contribution in [3.8, 4) is 5.69 Å². The summed E-state index contributed by atoms with van der Waals surface area (Å²) in [7, 11) is -1.86. The topological polar surface area (TPSA) is 51.3 Å². The second-order valence-corrected chi connectivity index (χ2v) is 8.15. The van der Waals surface area contributed by atoms with E-state index in [9.17, 15) is 30.6 Å². The Hall–Kier alpha value is -2.52. The van der Waals surface area contributed by atoms with Crippen LogP contribution in [-0.2, 0) is 22.5 Å². The van der Waals surface area contributed by atoms with Crippen LogP contribution < -0.4 is 5.32 Å². The Morgan fingerprint density at radius 1 is 1.37 bits per heavy atom. The van der Waals surface area contributed by atoms with Gasteiger partial charge < -0.3 is 10.2 Å². The lowest BCUT2D eigenvalue weighted by Gasteiger charge is -2.39. The molecule has 0 amide bonds. The van der Waals surface area contributed by atoms with Crippen LogP contribution in [-0.4, -0.2) is 26.4 Å². The fraction of sp³-hybridized carbons (Fsp3) is 0.294. The number of benzene rings is 1. The Bertz CT molecular complexity index is 1120. The molecule has 0 saturated carbocycles. The van der Waals surface area contributed by atoms with Gasteiger partial charge in [-0.15, -0.1) is 11.3 Å². The molecule has 1 aliphatic rings. The van der Waals surface area contributed by atoms with E-state index in [2.05, 4.69) is 21.8 Å². The van der Waals surface area contributed by atoms with E-state index >= 15 is 0 Å². The fourth-order valence-electron chi connectivity index (χ4n) is 3.29. The Balaban J connectivity index is 2.47. The zero-order chi connectivity index (χ0) is 22.6. The van der Waals surface area contributed by atoms with Crippen LogP contribution in [0.15, 0.2) is 29.7 Å². The lowest BCUT2D eigenvalue weighted by atomic mass is 9.82. The maximum atomic E-state index is 13.4. The summed E-state index contributed by atoms with van der Waals surface area (Å²) in [5, 5.41) is 5.85. The van der Waals surface area contributed by atoms with Gasteiger partial charge in [0.05, 0.1) is 22.5 Å². The summed E-state index contributed by atoms with van der Waals surface area (Å²) in [6.07, 6.45) is -9.34. The van der Waals surface area contributed by atoms with Crippen molar-refractivity contribution in [2.24, 2.45) is 0 Å². The van der Waals surface area contributed by atoms with Gasteiger partial charge in [0.15, 0.2) is 5.82 Å². The van der Waals surface area contributed by atoms with E-state index in [1.165, 1.54) is 6.26 Å². The monoisotopic (exact) mass is 468 g/mol. The van der Waals surface area contributed by atoms with Gasteiger partial charge in [-0.2, -0.15) is 26.3 Å². The van der Waals surface area contributed by atoms with Gasteiger partial charge in [0, 0.05) is 22.6 Å². The lowest BCUT2D eigenvalue weighted by molar-refractivity contribution is -0.143. The number of fused-ring (bicyclic) bond motifs is 3. The molecule has 2 atom stereocenters. The van der Waals surface area contributed by atoms with Crippen molar-refractivity contribution >= 4 is 34.0 Å². The number of nitrogens with zero attached hydrogens (tertiary/aromatic N) is 3. The summed E-state index contributed by atoms with van der Waals surface area (Å²) in [4.78, 5) is 2.92. The molecule has 0 saturated heterocycles. The highest BCUT2D eigenvalue weighted by atomic mass is 35.5. The Morgan fingerprint density at radius 3 is 2.47 bits per heavy atom. The number of hydrogen-bond donors (Lipinski definition) is 1. The first-order valence-corrected chi connectivity index (χ1v) is 9.91. The van der Waals surface area contributed by atoms with E-state index in [0.717, 1.165) is 10.8 Å². The van der Waals surface area contributed by atoms with Gasteiger partial charge >= 0.3 is 18.2 Å². The average Bonchev–Trinajstić information content (AvgIpc) is 2.97. The van der Waals surface area contributed by atoms with Gasteiger partial charge in [0.25, 0.3) is 0 Å². The van der Waals surface area contributed by atoms with Crippen molar-refractivity contribution in [3.05, 3.63) is 52.4 Å². The van der Waals surface area contributed by atoms with Gasteiger partial charge in [-0.3, -0.25) is 4.21 Å². The molecule has 13 heteroatoms. The van der Waals surface area contributed by atoms with E-state index < -0.39 is 51.3 Å². The van der Waals surface area contributed by atoms with Gasteiger partial charge in [-0.1, -0.05) is 24.2 Å². The summed E-state index contributed by atoms with van der Waals surface area (Å²) in [5.41, 5.74) is -4.30. The van der Waals surface area contributed by atoms with E-state index in [1.807, 2.05) is 0 Å². The molecule has 2 aromatic rings. The van der Waals surface area contributed by atoms with Crippen molar-refractivity contribution in [2.75, 3.05) is 11.6 Å². The number of anilines is 1. The third-order valence-electron chi connectivity index (χ3n) is 4.47. The summed E-state index contributed by atoms with van der Waals surface area (Å²) in [5.74, 6) is -0.618. The summed E-state index contributed by atoms with van der Waals surface area (Å²) >= 11 is 6.06. The zero-order valence-corrected chi connectivity index (χ0v) is 16.5. The predicted octanol–water partition coefficient (Wildman–Crippen LogP) is 5.59. The number of rotatable bonds is 3. The van der Waals surface area contributed by atoms with E-state index in [4.69, 9.17) is 18.2 Å².